The number of amides is 1. The lowest BCUT2D eigenvalue weighted by atomic mass is 10.1. The predicted molar refractivity (Wildman–Crippen MR) is 85.7 cm³/mol. The second kappa shape index (κ2) is 7.07. The van der Waals surface area contributed by atoms with Crippen molar-refractivity contribution in [3.05, 3.63) is 59.4 Å². The molecule has 0 saturated carbocycles. The molecule has 2 aromatic rings. The van der Waals surface area contributed by atoms with Crippen LogP contribution < -0.4 is 10.1 Å². The van der Waals surface area contributed by atoms with Crippen LogP contribution in [0.5, 0.6) is 5.75 Å². The molecule has 0 aliphatic rings. The fraction of sp³-hybridized carbons (Fsp3) is 0.278. The van der Waals surface area contributed by atoms with Gasteiger partial charge >= 0.3 is 0 Å². The first-order valence-corrected chi connectivity index (χ1v) is 7.30. The number of anilines is 1. The van der Waals surface area contributed by atoms with Gasteiger partial charge in [-0.05, 0) is 61.7 Å². The van der Waals surface area contributed by atoms with Gasteiger partial charge in [-0.1, -0.05) is 19.1 Å². The Morgan fingerprint density at radius 1 is 1.18 bits per heavy atom. The van der Waals surface area contributed by atoms with E-state index < -0.39 is 6.10 Å². The van der Waals surface area contributed by atoms with Crippen LogP contribution in [-0.4, -0.2) is 12.0 Å². The molecular weight excluding hydrogens is 281 g/mol. The molecule has 0 aliphatic carbocycles. The zero-order valence-electron chi connectivity index (χ0n) is 13.0. The molecule has 0 spiro atoms. The number of nitrogens with one attached hydrogen (secondary N) is 1. The maximum absolute atomic E-state index is 12.9. The van der Waals surface area contributed by atoms with E-state index in [4.69, 9.17) is 4.74 Å². The number of benzene rings is 2. The molecule has 22 heavy (non-hydrogen) atoms. The van der Waals surface area contributed by atoms with Crippen LogP contribution in [0.3, 0.4) is 0 Å². The molecule has 1 N–H and O–H groups in total. The maximum atomic E-state index is 12.9. The topological polar surface area (TPSA) is 38.3 Å². The number of halogens is 1. The van der Waals surface area contributed by atoms with Crippen LogP contribution >= 0.6 is 0 Å². The molecule has 2 aromatic carbocycles. The van der Waals surface area contributed by atoms with Crippen molar-refractivity contribution in [1.82, 2.24) is 0 Å². The Morgan fingerprint density at radius 3 is 2.50 bits per heavy atom. The first-order valence-electron chi connectivity index (χ1n) is 7.30. The van der Waals surface area contributed by atoms with Crippen molar-refractivity contribution in [3.63, 3.8) is 0 Å². The Bertz CT molecular complexity index is 653. The van der Waals surface area contributed by atoms with Crippen molar-refractivity contribution >= 4 is 11.6 Å². The highest BCUT2D eigenvalue weighted by molar-refractivity contribution is 5.95. The monoisotopic (exact) mass is 301 g/mol. The summed E-state index contributed by atoms with van der Waals surface area (Å²) in [4.78, 5) is 12.4. The molecule has 3 nitrogen and oxygen atoms in total. The molecule has 1 atom stereocenters. The summed E-state index contributed by atoms with van der Waals surface area (Å²) < 4.78 is 18.5. The minimum atomic E-state index is -0.620. The summed E-state index contributed by atoms with van der Waals surface area (Å²) in [5.41, 5.74) is 2.93. The Balaban J connectivity index is 2.08. The Kier molecular flexibility index (Phi) is 5.15. The number of ether oxygens (including phenoxy) is 1. The standard InChI is InChI=1S/C18H20FNO2/c1-4-17(22-15-10-8-14(19)9-11-15)18(21)20-16-7-5-6-12(2)13(16)3/h5-11,17H,4H2,1-3H3,(H,20,21)/t17-/m1/s1. The zero-order chi connectivity index (χ0) is 16.1. The van der Waals surface area contributed by atoms with Crippen LogP contribution in [0, 0.1) is 19.7 Å². The van der Waals surface area contributed by atoms with Crippen LogP contribution in [0.15, 0.2) is 42.5 Å². The summed E-state index contributed by atoms with van der Waals surface area (Å²) in [7, 11) is 0. The third kappa shape index (κ3) is 3.85. The largest absolute Gasteiger partial charge is 0.481 e. The van der Waals surface area contributed by atoms with Gasteiger partial charge in [-0.3, -0.25) is 4.79 Å². The third-order valence-electron chi connectivity index (χ3n) is 3.62. The van der Waals surface area contributed by atoms with Crippen molar-refractivity contribution in [3.8, 4) is 5.75 Å². The molecule has 0 saturated heterocycles. The molecule has 0 aliphatic heterocycles. The lowest BCUT2D eigenvalue weighted by Crippen LogP contribution is -2.32. The summed E-state index contributed by atoms with van der Waals surface area (Å²) in [6.45, 7) is 5.83. The number of carbonyl (C=O) groups is 1. The number of hydrogen-bond acceptors (Lipinski definition) is 2. The average Bonchev–Trinajstić information content (AvgIpc) is 2.51. The second-order valence-corrected chi connectivity index (χ2v) is 5.21. The Morgan fingerprint density at radius 2 is 1.86 bits per heavy atom. The van der Waals surface area contributed by atoms with Gasteiger partial charge in [0, 0.05) is 5.69 Å². The normalized spacial score (nSPS) is 11.8. The molecule has 0 radical (unpaired) electrons. The molecule has 0 fully saturated rings. The maximum Gasteiger partial charge on any atom is 0.265 e. The number of carbonyl (C=O) groups excluding carboxylic acids is 1. The van der Waals surface area contributed by atoms with Crippen molar-refractivity contribution in [2.24, 2.45) is 0 Å². The van der Waals surface area contributed by atoms with E-state index in [0.29, 0.717) is 12.2 Å². The van der Waals surface area contributed by atoms with Crippen LogP contribution in [-0.2, 0) is 4.79 Å². The fourth-order valence-corrected chi connectivity index (χ4v) is 2.10. The lowest BCUT2D eigenvalue weighted by molar-refractivity contribution is -0.122. The van der Waals surface area contributed by atoms with Crippen LogP contribution in [0.4, 0.5) is 10.1 Å². The van der Waals surface area contributed by atoms with E-state index in [1.54, 1.807) is 0 Å². The van der Waals surface area contributed by atoms with Gasteiger partial charge in [0.15, 0.2) is 6.10 Å². The smallest absolute Gasteiger partial charge is 0.265 e. The Labute approximate surface area is 130 Å². The zero-order valence-corrected chi connectivity index (χ0v) is 13.0. The lowest BCUT2D eigenvalue weighted by Gasteiger charge is -2.18. The molecule has 0 heterocycles. The summed E-state index contributed by atoms with van der Waals surface area (Å²) in [6.07, 6.45) is -0.0981. The molecule has 0 bridgehead atoms. The first kappa shape index (κ1) is 16.0. The summed E-state index contributed by atoms with van der Waals surface area (Å²) >= 11 is 0. The molecule has 1 amide bonds. The highest BCUT2D eigenvalue weighted by Crippen LogP contribution is 2.20. The van der Waals surface area contributed by atoms with Gasteiger partial charge in [0.05, 0.1) is 0 Å². The second-order valence-electron chi connectivity index (χ2n) is 5.21. The van der Waals surface area contributed by atoms with E-state index in [9.17, 15) is 9.18 Å². The van der Waals surface area contributed by atoms with E-state index in [0.717, 1.165) is 16.8 Å². The van der Waals surface area contributed by atoms with Crippen molar-refractivity contribution < 1.29 is 13.9 Å². The quantitative estimate of drug-likeness (QED) is 0.897. The van der Waals surface area contributed by atoms with Gasteiger partial charge in [0.2, 0.25) is 0 Å². The summed E-state index contributed by atoms with van der Waals surface area (Å²) in [5, 5.41) is 2.90. The van der Waals surface area contributed by atoms with Crippen LogP contribution in [0.2, 0.25) is 0 Å². The van der Waals surface area contributed by atoms with Crippen molar-refractivity contribution in [1.29, 1.82) is 0 Å². The highest BCUT2D eigenvalue weighted by atomic mass is 19.1. The summed E-state index contributed by atoms with van der Waals surface area (Å²) in [5.74, 6) is -0.0647. The average molecular weight is 301 g/mol. The molecule has 0 unspecified atom stereocenters. The van der Waals surface area contributed by atoms with E-state index in [-0.39, 0.29) is 11.7 Å². The summed E-state index contributed by atoms with van der Waals surface area (Å²) in [6, 6.07) is 11.4. The number of hydrogen-bond donors (Lipinski definition) is 1. The van der Waals surface area contributed by atoms with Gasteiger partial charge in [0.25, 0.3) is 5.91 Å². The number of aryl methyl sites for hydroxylation is 1. The SMILES string of the molecule is CC[C@@H](Oc1ccc(F)cc1)C(=O)Nc1cccc(C)c1C. The van der Waals surface area contributed by atoms with E-state index in [1.807, 2.05) is 39.0 Å². The molecule has 2 rings (SSSR count). The molecule has 0 aromatic heterocycles. The van der Waals surface area contributed by atoms with Crippen molar-refractivity contribution in [2.75, 3.05) is 5.32 Å². The molecular formula is C18H20FNO2. The minimum Gasteiger partial charge on any atom is -0.481 e. The van der Waals surface area contributed by atoms with Crippen LogP contribution in [0.25, 0.3) is 0 Å². The molecule has 116 valence electrons. The van der Waals surface area contributed by atoms with E-state index in [2.05, 4.69) is 5.32 Å². The van der Waals surface area contributed by atoms with Crippen LogP contribution in [0.1, 0.15) is 24.5 Å². The highest BCUT2D eigenvalue weighted by Gasteiger charge is 2.19. The molecule has 4 heteroatoms. The van der Waals surface area contributed by atoms with E-state index >= 15 is 0 Å². The van der Waals surface area contributed by atoms with Gasteiger partial charge in [-0.2, -0.15) is 0 Å². The first-order chi connectivity index (χ1) is 10.5. The van der Waals surface area contributed by atoms with Gasteiger partial charge in [-0.15, -0.1) is 0 Å². The fourth-order valence-electron chi connectivity index (χ4n) is 2.10. The minimum absolute atomic E-state index is 0.208. The Hall–Kier alpha value is -2.36. The van der Waals surface area contributed by atoms with Gasteiger partial charge in [0.1, 0.15) is 11.6 Å². The van der Waals surface area contributed by atoms with Gasteiger partial charge < -0.3 is 10.1 Å². The third-order valence-corrected chi connectivity index (χ3v) is 3.62. The van der Waals surface area contributed by atoms with Gasteiger partial charge in [-0.25, -0.2) is 4.39 Å². The van der Waals surface area contributed by atoms with E-state index in [1.165, 1.54) is 24.3 Å². The predicted octanol–water partition coefficient (Wildman–Crippen LogP) is 4.24. The number of rotatable bonds is 5. The van der Waals surface area contributed by atoms with Crippen molar-refractivity contribution in [2.45, 2.75) is 33.3 Å².